The van der Waals surface area contributed by atoms with Crippen LogP contribution in [0.3, 0.4) is 0 Å². The van der Waals surface area contributed by atoms with Crippen molar-refractivity contribution in [1.29, 1.82) is 0 Å². The predicted molar refractivity (Wildman–Crippen MR) is 151 cm³/mol. The van der Waals surface area contributed by atoms with E-state index >= 15 is 0 Å². The van der Waals surface area contributed by atoms with Gasteiger partial charge in [0.2, 0.25) is 0 Å². The third kappa shape index (κ3) is 6.21. The van der Waals surface area contributed by atoms with Gasteiger partial charge >= 0.3 is 0 Å². The van der Waals surface area contributed by atoms with E-state index in [1.807, 2.05) is 0 Å². The van der Waals surface area contributed by atoms with E-state index in [1.54, 1.807) is 44.2 Å². The molecular weight excluding hydrogens is 565 g/mol. The Bertz CT molecular complexity index is 1560. The van der Waals surface area contributed by atoms with E-state index in [4.69, 9.17) is 33.0 Å². The molecule has 4 N–H and O–H groups in total. The number of aromatic nitrogens is 1. The summed E-state index contributed by atoms with van der Waals surface area (Å²) in [7, 11) is -3.85. The Hall–Kier alpha value is -3.15. The second-order valence-corrected chi connectivity index (χ2v) is 11.7. The van der Waals surface area contributed by atoms with Crippen molar-refractivity contribution in [3.63, 3.8) is 0 Å². The number of aliphatic hydroxyl groups is 1. The van der Waals surface area contributed by atoms with Crippen LogP contribution in [-0.4, -0.2) is 56.7 Å². The van der Waals surface area contributed by atoms with Crippen molar-refractivity contribution in [2.75, 3.05) is 31.7 Å². The fourth-order valence-electron chi connectivity index (χ4n) is 4.34. The lowest BCUT2D eigenvalue weighted by atomic mass is 10.0. The van der Waals surface area contributed by atoms with Gasteiger partial charge in [0, 0.05) is 44.8 Å². The molecule has 2 aromatic carbocycles. The fraction of sp³-hybridized carbons (Fsp3) is 0.259. The molecule has 39 heavy (non-hydrogen) atoms. The number of amides is 2. The van der Waals surface area contributed by atoms with Crippen LogP contribution in [-0.2, 0) is 25.1 Å². The van der Waals surface area contributed by atoms with E-state index in [1.165, 1.54) is 12.1 Å². The lowest BCUT2D eigenvalue weighted by molar-refractivity contribution is -0.110. The van der Waals surface area contributed by atoms with E-state index in [2.05, 4.69) is 15.6 Å². The number of rotatable bonds is 10. The number of hydrogen-bond acceptors (Lipinski definition) is 6. The first-order chi connectivity index (χ1) is 18.5. The highest BCUT2D eigenvalue weighted by molar-refractivity contribution is 7.90. The third-order valence-electron chi connectivity index (χ3n) is 6.29. The standard InChI is InChI=1S/C27H27Cl2N3O6S/c1-15-24(31-16(2)25(15)27(35)30-8-10-38-11-9-33)13-19-18-12-17(6-7-23(18)32-26(19)34)39(36,37)14-20-21(28)4-3-5-22(20)29/h3-7,12-13,31,33H,8-11,14H2,1-2H3,(H,30,35)(H,32,34)/b19-13-. The van der Waals surface area contributed by atoms with Crippen LogP contribution in [0.15, 0.2) is 41.3 Å². The Morgan fingerprint density at radius 2 is 1.85 bits per heavy atom. The van der Waals surface area contributed by atoms with Crippen molar-refractivity contribution in [2.45, 2.75) is 24.5 Å². The van der Waals surface area contributed by atoms with E-state index in [0.29, 0.717) is 39.3 Å². The average molecular weight is 593 g/mol. The summed E-state index contributed by atoms with van der Waals surface area (Å²) >= 11 is 12.4. The molecule has 2 heterocycles. The molecule has 0 bridgehead atoms. The zero-order valence-corrected chi connectivity index (χ0v) is 23.6. The third-order valence-corrected chi connectivity index (χ3v) is 8.64. The van der Waals surface area contributed by atoms with Crippen LogP contribution in [0.1, 0.15) is 38.4 Å². The van der Waals surface area contributed by atoms with Gasteiger partial charge in [-0.3, -0.25) is 9.59 Å². The highest BCUT2D eigenvalue weighted by atomic mass is 35.5. The van der Waals surface area contributed by atoms with Gasteiger partial charge in [-0.2, -0.15) is 0 Å². The summed E-state index contributed by atoms with van der Waals surface area (Å²) in [5.41, 5.74) is 3.68. The van der Waals surface area contributed by atoms with Gasteiger partial charge in [0.25, 0.3) is 11.8 Å². The van der Waals surface area contributed by atoms with Crippen molar-refractivity contribution in [3.05, 3.63) is 80.1 Å². The number of aromatic amines is 1. The van der Waals surface area contributed by atoms with Gasteiger partial charge in [0.1, 0.15) is 0 Å². The van der Waals surface area contributed by atoms with Crippen LogP contribution in [0.25, 0.3) is 11.6 Å². The predicted octanol–water partition coefficient (Wildman–Crippen LogP) is 4.14. The number of nitrogens with one attached hydrogen (secondary N) is 3. The molecule has 4 rings (SSSR count). The molecule has 1 aliphatic heterocycles. The molecule has 0 saturated carbocycles. The first kappa shape index (κ1) is 28.8. The number of halogens is 2. The van der Waals surface area contributed by atoms with Crippen LogP contribution in [0.2, 0.25) is 10.0 Å². The van der Waals surface area contributed by atoms with Gasteiger partial charge < -0.3 is 25.5 Å². The number of H-pyrrole nitrogens is 1. The van der Waals surface area contributed by atoms with Crippen LogP contribution in [0.4, 0.5) is 5.69 Å². The summed E-state index contributed by atoms with van der Waals surface area (Å²) in [5.74, 6) is -1.10. The lowest BCUT2D eigenvalue weighted by Gasteiger charge is -2.10. The number of ether oxygens (including phenoxy) is 1. The second-order valence-electron chi connectivity index (χ2n) is 8.93. The largest absolute Gasteiger partial charge is 0.394 e. The number of aryl methyl sites for hydroxylation is 1. The Morgan fingerprint density at radius 3 is 2.54 bits per heavy atom. The SMILES string of the molecule is Cc1[nH]c(/C=C2\C(=O)Nc3ccc(S(=O)(=O)Cc4c(Cl)cccc4Cl)cc32)c(C)c1C(=O)NCCOCCO. The van der Waals surface area contributed by atoms with Crippen LogP contribution in [0, 0.1) is 13.8 Å². The summed E-state index contributed by atoms with van der Waals surface area (Å²) in [6, 6.07) is 9.20. The topological polar surface area (TPSA) is 138 Å². The van der Waals surface area contributed by atoms with Gasteiger partial charge in [0.05, 0.1) is 41.6 Å². The summed E-state index contributed by atoms with van der Waals surface area (Å²) in [6.07, 6.45) is 1.60. The fourth-order valence-corrected chi connectivity index (χ4v) is 6.46. The number of fused-ring (bicyclic) bond motifs is 1. The maximum absolute atomic E-state index is 13.3. The van der Waals surface area contributed by atoms with Crippen LogP contribution >= 0.6 is 23.2 Å². The molecule has 0 atom stereocenters. The zero-order chi connectivity index (χ0) is 28.3. The van der Waals surface area contributed by atoms with Gasteiger partial charge in [-0.25, -0.2) is 8.42 Å². The molecule has 0 unspecified atom stereocenters. The minimum absolute atomic E-state index is 0.0162. The van der Waals surface area contributed by atoms with E-state index in [0.717, 1.165) is 0 Å². The molecule has 12 heteroatoms. The first-order valence-electron chi connectivity index (χ1n) is 12.0. The van der Waals surface area contributed by atoms with Crippen molar-refractivity contribution in [1.82, 2.24) is 10.3 Å². The summed E-state index contributed by atoms with van der Waals surface area (Å²) in [5, 5.41) is 14.8. The molecule has 1 aliphatic rings. The molecule has 206 valence electrons. The minimum atomic E-state index is -3.85. The van der Waals surface area contributed by atoms with Gasteiger partial charge in [-0.05, 0) is 55.8 Å². The smallest absolute Gasteiger partial charge is 0.256 e. The second kappa shape index (κ2) is 11.9. The minimum Gasteiger partial charge on any atom is -0.394 e. The summed E-state index contributed by atoms with van der Waals surface area (Å²) in [6.45, 7) is 4.13. The molecule has 9 nitrogen and oxygen atoms in total. The summed E-state index contributed by atoms with van der Waals surface area (Å²) < 4.78 is 31.7. The normalized spacial score (nSPS) is 14.0. The Labute approximate surface area is 236 Å². The molecule has 1 aromatic heterocycles. The summed E-state index contributed by atoms with van der Waals surface area (Å²) in [4.78, 5) is 28.8. The van der Waals surface area contributed by atoms with E-state index in [-0.39, 0.29) is 52.8 Å². The van der Waals surface area contributed by atoms with Crippen molar-refractivity contribution in [3.8, 4) is 0 Å². The zero-order valence-electron chi connectivity index (χ0n) is 21.2. The molecule has 0 spiro atoms. The first-order valence-corrected chi connectivity index (χ1v) is 14.4. The molecule has 0 radical (unpaired) electrons. The van der Waals surface area contributed by atoms with E-state index < -0.39 is 21.5 Å². The maximum Gasteiger partial charge on any atom is 0.256 e. The average Bonchev–Trinajstić information content (AvgIpc) is 3.35. The number of sulfone groups is 1. The van der Waals surface area contributed by atoms with E-state index in [9.17, 15) is 18.0 Å². The number of aliphatic hydroxyl groups excluding tert-OH is 1. The highest BCUT2D eigenvalue weighted by Crippen LogP contribution is 2.37. The molecular formula is C27H27Cl2N3O6S. The monoisotopic (exact) mass is 591 g/mol. The van der Waals surface area contributed by atoms with Gasteiger partial charge in [0.15, 0.2) is 9.84 Å². The molecule has 0 saturated heterocycles. The number of hydrogen-bond donors (Lipinski definition) is 4. The lowest BCUT2D eigenvalue weighted by Crippen LogP contribution is -2.28. The number of anilines is 1. The van der Waals surface area contributed by atoms with Crippen molar-refractivity contribution >= 4 is 62.2 Å². The molecule has 0 fully saturated rings. The number of carbonyl (C=O) groups is 2. The number of benzene rings is 2. The van der Waals surface area contributed by atoms with Crippen LogP contribution in [0.5, 0.6) is 0 Å². The Kier molecular flexibility index (Phi) is 8.83. The van der Waals surface area contributed by atoms with Crippen LogP contribution < -0.4 is 10.6 Å². The Balaban J connectivity index is 1.63. The van der Waals surface area contributed by atoms with Crippen molar-refractivity contribution in [2.24, 2.45) is 0 Å². The highest BCUT2D eigenvalue weighted by Gasteiger charge is 2.28. The molecule has 2 amide bonds. The quantitative estimate of drug-likeness (QED) is 0.206. The van der Waals surface area contributed by atoms with Crippen molar-refractivity contribution < 1.29 is 27.9 Å². The number of carbonyl (C=O) groups excluding carboxylic acids is 2. The molecule has 3 aromatic rings. The van der Waals surface area contributed by atoms with Gasteiger partial charge in [-0.15, -0.1) is 0 Å². The maximum atomic E-state index is 13.3. The molecule has 0 aliphatic carbocycles. The van der Waals surface area contributed by atoms with Gasteiger partial charge in [-0.1, -0.05) is 29.3 Å². The Morgan fingerprint density at radius 1 is 1.13 bits per heavy atom.